The largest absolute Gasteiger partial charge is 0.490 e. The van der Waals surface area contributed by atoms with Crippen LogP contribution in [0.3, 0.4) is 0 Å². The summed E-state index contributed by atoms with van der Waals surface area (Å²) in [5.74, 6) is 1.56. The van der Waals surface area contributed by atoms with Crippen LogP contribution in [0.5, 0.6) is 11.5 Å². The third-order valence-corrected chi connectivity index (χ3v) is 7.85. The number of halogens is 4. The fourth-order valence-electron chi connectivity index (χ4n) is 4.53. The van der Waals surface area contributed by atoms with Crippen LogP contribution < -0.4 is 15.2 Å². The molecule has 198 valence electrons. The minimum Gasteiger partial charge on any atom is -0.490 e. The summed E-state index contributed by atoms with van der Waals surface area (Å²) < 4.78 is 11.6. The number of hydrogen-bond donors (Lipinski definition) is 1. The number of quaternary nitrogens is 1. The molecular weight excluding hydrogens is 560 g/mol. The highest BCUT2D eigenvalue weighted by atomic mass is 35.5. The Morgan fingerprint density at radius 3 is 2.11 bits per heavy atom. The van der Waals surface area contributed by atoms with Crippen molar-refractivity contribution >= 4 is 46.4 Å². The zero-order valence-corrected chi connectivity index (χ0v) is 24.4. The van der Waals surface area contributed by atoms with Gasteiger partial charge in [0.05, 0.1) is 26.6 Å². The zero-order valence-electron chi connectivity index (χ0n) is 21.4. The van der Waals surface area contributed by atoms with Crippen LogP contribution in [0.2, 0.25) is 20.1 Å². The van der Waals surface area contributed by atoms with E-state index >= 15 is 0 Å². The van der Waals surface area contributed by atoms with Crippen LogP contribution in [-0.4, -0.2) is 19.8 Å². The minimum absolute atomic E-state index is 0.294. The molecule has 1 unspecified atom stereocenters. The van der Waals surface area contributed by atoms with Gasteiger partial charge in [-0.2, -0.15) is 0 Å². The molecule has 0 fully saturated rings. The number of rotatable bonds is 10. The van der Waals surface area contributed by atoms with Gasteiger partial charge in [-0.05, 0) is 78.4 Å². The number of aryl methyl sites for hydroxylation is 2. The van der Waals surface area contributed by atoms with Crippen LogP contribution in [0.1, 0.15) is 28.2 Å². The summed E-state index contributed by atoms with van der Waals surface area (Å²) in [6.45, 7) is 5.57. The van der Waals surface area contributed by atoms with Gasteiger partial charge in [-0.15, -0.1) is 0 Å². The molecule has 0 bridgehead atoms. The summed E-state index contributed by atoms with van der Waals surface area (Å²) >= 11 is 25.1. The van der Waals surface area contributed by atoms with Crippen LogP contribution in [0, 0.1) is 13.8 Å². The Kier molecular flexibility index (Phi) is 9.86. The van der Waals surface area contributed by atoms with Gasteiger partial charge >= 0.3 is 0 Å². The summed E-state index contributed by atoms with van der Waals surface area (Å²) in [5.41, 5.74) is 10.9. The van der Waals surface area contributed by atoms with Crippen LogP contribution in [0.4, 0.5) is 0 Å². The smallest absolute Gasteiger partial charge is 0.156 e. The first-order chi connectivity index (χ1) is 18.3. The monoisotopic (exact) mass is 588 g/mol. The summed E-state index contributed by atoms with van der Waals surface area (Å²) in [7, 11) is 0. The second-order valence-electron chi connectivity index (χ2n) is 9.26. The lowest BCUT2D eigenvalue weighted by molar-refractivity contribution is -0.372. The predicted molar refractivity (Wildman–Crippen MR) is 159 cm³/mol. The van der Waals surface area contributed by atoms with Crippen molar-refractivity contribution in [2.24, 2.45) is 0 Å². The highest BCUT2D eigenvalue weighted by Gasteiger charge is 2.17. The van der Waals surface area contributed by atoms with Crippen LogP contribution in [-0.2, 0) is 6.42 Å². The van der Waals surface area contributed by atoms with Gasteiger partial charge in [-0.25, -0.2) is 0 Å². The molecule has 4 rings (SSSR count). The molecule has 0 spiro atoms. The molecule has 38 heavy (non-hydrogen) atoms. The van der Waals surface area contributed by atoms with E-state index in [9.17, 15) is 0 Å². The molecule has 3 nitrogen and oxygen atoms in total. The molecule has 7 heteroatoms. The SMILES string of the molecule is Cc1cc(Cl)c(OCCOc2ccc(CC(C[NH3+])c3ccc(-c4cccc(Cl)c4Cl)cc3C)cc2)c(Cl)c1. The average Bonchev–Trinajstić information content (AvgIpc) is 2.89. The van der Waals surface area contributed by atoms with Gasteiger partial charge in [0.1, 0.15) is 19.0 Å². The van der Waals surface area contributed by atoms with E-state index in [4.69, 9.17) is 55.9 Å². The highest BCUT2D eigenvalue weighted by Crippen LogP contribution is 2.36. The molecule has 0 aliphatic heterocycles. The normalized spacial score (nSPS) is 11.9. The van der Waals surface area contributed by atoms with Crippen molar-refractivity contribution in [2.45, 2.75) is 26.2 Å². The summed E-state index contributed by atoms with van der Waals surface area (Å²) in [4.78, 5) is 0. The molecule has 0 radical (unpaired) electrons. The summed E-state index contributed by atoms with van der Waals surface area (Å²) in [6.07, 6.45) is 0.884. The lowest BCUT2D eigenvalue weighted by atomic mass is 9.87. The quantitative estimate of drug-likeness (QED) is 0.188. The Balaban J connectivity index is 1.35. The molecule has 1 atom stereocenters. The van der Waals surface area contributed by atoms with Gasteiger partial charge < -0.3 is 15.2 Å². The van der Waals surface area contributed by atoms with Gasteiger partial charge in [0.25, 0.3) is 0 Å². The van der Waals surface area contributed by atoms with E-state index in [0.29, 0.717) is 45.0 Å². The Hall–Kier alpha value is -2.40. The van der Waals surface area contributed by atoms with Crippen molar-refractivity contribution in [3.05, 3.63) is 115 Å². The molecule has 0 aliphatic carbocycles. The maximum Gasteiger partial charge on any atom is 0.156 e. The molecule has 0 aliphatic rings. The van der Waals surface area contributed by atoms with E-state index in [-0.39, 0.29) is 0 Å². The van der Waals surface area contributed by atoms with Crippen LogP contribution >= 0.6 is 46.4 Å². The lowest BCUT2D eigenvalue weighted by Gasteiger charge is -2.18. The first kappa shape index (κ1) is 28.6. The van der Waals surface area contributed by atoms with Gasteiger partial charge in [-0.1, -0.05) is 88.9 Å². The minimum atomic E-state index is 0.294. The molecule has 4 aromatic carbocycles. The Labute approximate surface area is 244 Å². The molecule has 3 N–H and O–H groups in total. The molecule has 0 amide bonds. The summed E-state index contributed by atoms with van der Waals surface area (Å²) in [5, 5.41) is 2.13. The summed E-state index contributed by atoms with van der Waals surface area (Å²) in [6, 6.07) is 24.0. The van der Waals surface area contributed by atoms with Crippen molar-refractivity contribution in [3.8, 4) is 22.6 Å². The fourth-order valence-corrected chi connectivity index (χ4v) is 5.64. The van der Waals surface area contributed by atoms with E-state index in [1.165, 1.54) is 16.7 Å². The first-order valence-corrected chi connectivity index (χ1v) is 13.9. The van der Waals surface area contributed by atoms with E-state index in [1.54, 1.807) is 6.07 Å². The van der Waals surface area contributed by atoms with Gasteiger partial charge in [0.2, 0.25) is 0 Å². The number of hydrogen-bond acceptors (Lipinski definition) is 2. The van der Waals surface area contributed by atoms with Crippen molar-refractivity contribution in [1.82, 2.24) is 0 Å². The first-order valence-electron chi connectivity index (χ1n) is 12.4. The third-order valence-electron chi connectivity index (χ3n) is 6.47. The van der Waals surface area contributed by atoms with E-state index in [0.717, 1.165) is 35.4 Å². The fraction of sp³-hybridized carbons (Fsp3) is 0.226. The zero-order chi connectivity index (χ0) is 27.2. The van der Waals surface area contributed by atoms with Crippen molar-refractivity contribution in [3.63, 3.8) is 0 Å². The van der Waals surface area contributed by atoms with Crippen molar-refractivity contribution in [2.75, 3.05) is 19.8 Å². The second kappa shape index (κ2) is 13.1. The van der Waals surface area contributed by atoms with E-state index < -0.39 is 0 Å². The Morgan fingerprint density at radius 1 is 0.763 bits per heavy atom. The molecule has 4 aromatic rings. The average molecular weight is 590 g/mol. The Bertz CT molecular complexity index is 1380. The molecule has 0 saturated carbocycles. The molecular formula is C31H30Cl4NO2+. The standard InChI is InChI=1S/C31H29Cl4NO2/c1-19-14-28(33)31(29(34)15-19)38-13-12-37-24-9-6-21(7-10-24)17-23(18-36)25-11-8-22(16-20(25)2)26-4-3-5-27(32)30(26)35/h3-11,14-16,23H,12-13,17-18,36H2,1-2H3/p+1. The van der Waals surface area contributed by atoms with Gasteiger partial charge in [0.15, 0.2) is 5.75 Å². The number of benzene rings is 4. The third kappa shape index (κ3) is 6.97. The number of ether oxygens (including phenoxy) is 2. The lowest BCUT2D eigenvalue weighted by Crippen LogP contribution is -2.53. The molecule has 0 aromatic heterocycles. The van der Waals surface area contributed by atoms with E-state index in [2.05, 4.69) is 43.0 Å². The highest BCUT2D eigenvalue weighted by molar-refractivity contribution is 6.43. The van der Waals surface area contributed by atoms with Crippen molar-refractivity contribution < 1.29 is 15.2 Å². The van der Waals surface area contributed by atoms with Crippen LogP contribution in [0.25, 0.3) is 11.1 Å². The van der Waals surface area contributed by atoms with Gasteiger partial charge in [0, 0.05) is 11.5 Å². The maximum atomic E-state index is 6.45. The predicted octanol–water partition coefficient (Wildman–Crippen LogP) is 8.61. The van der Waals surface area contributed by atoms with Crippen LogP contribution in [0.15, 0.2) is 72.8 Å². The van der Waals surface area contributed by atoms with E-state index in [1.807, 2.05) is 43.3 Å². The molecule has 0 saturated heterocycles. The molecule has 0 heterocycles. The second-order valence-corrected chi connectivity index (χ2v) is 10.9. The van der Waals surface area contributed by atoms with Crippen molar-refractivity contribution in [1.29, 1.82) is 0 Å². The topological polar surface area (TPSA) is 46.1 Å². The van der Waals surface area contributed by atoms with Gasteiger partial charge in [-0.3, -0.25) is 0 Å². The maximum absolute atomic E-state index is 6.45. The Morgan fingerprint density at radius 2 is 1.45 bits per heavy atom.